The van der Waals surface area contributed by atoms with Gasteiger partial charge in [0.15, 0.2) is 12.2 Å². The molecule has 0 fully saturated rings. The molecule has 0 aliphatic carbocycles. The maximum atomic E-state index is 13.2. The summed E-state index contributed by atoms with van der Waals surface area (Å²) in [6.07, 6.45) is 72.2. The molecule has 4 unspecified atom stereocenters. The highest BCUT2D eigenvalue weighted by molar-refractivity contribution is 7.47. The molecule has 17 nitrogen and oxygen atoms in total. The van der Waals surface area contributed by atoms with Gasteiger partial charge in [-0.3, -0.25) is 37.3 Å². The van der Waals surface area contributed by atoms with Gasteiger partial charge in [0, 0.05) is 25.7 Å². The van der Waals surface area contributed by atoms with Gasteiger partial charge in [0.1, 0.15) is 19.3 Å². The molecule has 0 saturated carbocycles. The zero-order valence-electron chi connectivity index (χ0n) is 72.0. The topological polar surface area (TPSA) is 237 Å². The fraction of sp³-hybridized carbons (Fsp3) is 0.956. The van der Waals surface area contributed by atoms with Gasteiger partial charge in [0.2, 0.25) is 0 Å². The largest absolute Gasteiger partial charge is 0.472 e. The minimum Gasteiger partial charge on any atom is -0.462 e. The van der Waals surface area contributed by atoms with Crippen molar-refractivity contribution in [1.29, 1.82) is 0 Å². The molecule has 109 heavy (non-hydrogen) atoms. The van der Waals surface area contributed by atoms with Gasteiger partial charge >= 0.3 is 39.5 Å². The molecule has 7 atom stereocenters. The highest BCUT2D eigenvalue weighted by Crippen LogP contribution is 2.45. The molecule has 0 aliphatic rings. The molecule has 0 aliphatic heterocycles. The molecule has 0 radical (unpaired) electrons. The summed E-state index contributed by atoms with van der Waals surface area (Å²) in [5.41, 5.74) is 0. The van der Waals surface area contributed by atoms with Crippen LogP contribution in [0.4, 0.5) is 0 Å². The van der Waals surface area contributed by atoms with Gasteiger partial charge in [-0.25, -0.2) is 9.13 Å². The number of unbranched alkanes of at least 4 members (excludes halogenated alkanes) is 54. The summed E-state index contributed by atoms with van der Waals surface area (Å²) in [4.78, 5) is 73.4. The third kappa shape index (κ3) is 81.0. The van der Waals surface area contributed by atoms with E-state index in [1.165, 1.54) is 289 Å². The summed E-state index contributed by atoms with van der Waals surface area (Å²) in [6, 6.07) is 0. The molecule has 19 heteroatoms. The molecule has 0 spiro atoms. The molecular formula is C90H176O17P2. The van der Waals surface area contributed by atoms with Crippen LogP contribution in [0, 0.1) is 17.8 Å². The highest BCUT2D eigenvalue weighted by atomic mass is 31.2. The lowest BCUT2D eigenvalue weighted by atomic mass is 9.99. The smallest absolute Gasteiger partial charge is 0.462 e. The first-order valence-corrected chi connectivity index (χ1v) is 49.4. The lowest BCUT2D eigenvalue weighted by molar-refractivity contribution is -0.161. The molecule has 0 aromatic heterocycles. The molecule has 0 aromatic carbocycles. The van der Waals surface area contributed by atoms with E-state index in [0.717, 1.165) is 108 Å². The average Bonchev–Trinajstić information content (AvgIpc) is 0.902. The van der Waals surface area contributed by atoms with Crippen molar-refractivity contribution in [2.75, 3.05) is 39.6 Å². The predicted molar refractivity (Wildman–Crippen MR) is 451 cm³/mol. The molecule has 0 saturated heterocycles. The van der Waals surface area contributed by atoms with Gasteiger partial charge in [-0.15, -0.1) is 0 Å². The normalized spacial score (nSPS) is 14.3. The lowest BCUT2D eigenvalue weighted by Crippen LogP contribution is -2.30. The number of phosphoric acid groups is 2. The van der Waals surface area contributed by atoms with E-state index in [-0.39, 0.29) is 25.7 Å². The highest BCUT2D eigenvalue weighted by Gasteiger charge is 2.31. The van der Waals surface area contributed by atoms with Gasteiger partial charge in [-0.05, 0) is 43.4 Å². The SMILES string of the molecule is CCCCCCCCCCCCCCCCCCCCCC(=O)OC[C@H](COP(=O)(O)OC[C@@H](O)COP(=O)(O)OC[C@@H](COC(=O)CCCCCCCCCCC(C)CC)OC(=O)CCCCCCCCCCCCCCCC(C)C)OC(=O)CCCCCCCCCCCCCCCCCCCCC(C)CC. The Kier molecular flexibility index (Phi) is 78.5. The quantitative estimate of drug-likeness (QED) is 0.0222. The van der Waals surface area contributed by atoms with E-state index in [1.54, 1.807) is 0 Å². The van der Waals surface area contributed by atoms with Crippen molar-refractivity contribution in [1.82, 2.24) is 0 Å². The first kappa shape index (κ1) is 107. The third-order valence-corrected chi connectivity index (χ3v) is 23.8. The number of rotatable bonds is 88. The number of aliphatic hydroxyl groups is 1. The van der Waals surface area contributed by atoms with Crippen LogP contribution in [0.3, 0.4) is 0 Å². The summed E-state index contributed by atoms with van der Waals surface area (Å²) >= 11 is 0. The van der Waals surface area contributed by atoms with Crippen molar-refractivity contribution in [3.8, 4) is 0 Å². The van der Waals surface area contributed by atoms with Gasteiger partial charge in [-0.2, -0.15) is 0 Å². The monoisotopic (exact) mass is 1590 g/mol. The lowest BCUT2D eigenvalue weighted by Gasteiger charge is -2.21. The molecule has 0 rings (SSSR count). The maximum absolute atomic E-state index is 13.2. The number of ether oxygens (including phenoxy) is 4. The summed E-state index contributed by atoms with van der Waals surface area (Å²) in [7, 11) is -9.94. The number of hydrogen-bond donors (Lipinski definition) is 3. The number of carbonyl (C=O) groups excluding carboxylic acids is 4. The zero-order valence-corrected chi connectivity index (χ0v) is 73.8. The molecule has 0 heterocycles. The average molecular weight is 1590 g/mol. The van der Waals surface area contributed by atoms with Crippen molar-refractivity contribution < 1.29 is 80.2 Å². The Bertz CT molecular complexity index is 2100. The van der Waals surface area contributed by atoms with Gasteiger partial charge < -0.3 is 33.8 Å². The number of phosphoric ester groups is 2. The van der Waals surface area contributed by atoms with E-state index in [9.17, 15) is 43.2 Å². The molecule has 0 aromatic rings. The van der Waals surface area contributed by atoms with E-state index in [4.69, 9.17) is 37.0 Å². The number of hydrogen-bond acceptors (Lipinski definition) is 15. The van der Waals surface area contributed by atoms with Gasteiger partial charge in [-0.1, -0.05) is 427 Å². The molecule has 648 valence electrons. The van der Waals surface area contributed by atoms with E-state index in [0.29, 0.717) is 25.7 Å². The van der Waals surface area contributed by atoms with Crippen LogP contribution in [0.5, 0.6) is 0 Å². The van der Waals surface area contributed by atoms with Crippen molar-refractivity contribution in [3.05, 3.63) is 0 Å². The van der Waals surface area contributed by atoms with Crippen LogP contribution in [0.15, 0.2) is 0 Å². The first-order chi connectivity index (χ1) is 52.8. The fourth-order valence-electron chi connectivity index (χ4n) is 14.0. The number of aliphatic hydroxyl groups excluding tert-OH is 1. The fourth-order valence-corrected chi connectivity index (χ4v) is 15.6. The standard InChI is InChI=1S/C90H176O17P2/c1-8-11-12-13-14-15-16-17-18-19-20-24-27-32-37-42-50-57-64-71-87(92)100-77-85(106-89(94)73-66-59-52-43-38-33-28-25-22-21-23-26-31-36-41-48-55-62-69-82(6)9-2)79-104-108(96,97)102-75-84(91)76-103-109(98,99)105-80-86(78-101-88(93)72-65-58-51-46-45-49-56-63-70-83(7)10-3)107-90(95)74-67-60-53-44-39-34-29-30-35-40-47-54-61-68-81(4)5/h81-86,91H,8-80H2,1-7H3,(H,96,97)(H,98,99)/t82?,83?,84-,85-,86-/m1/s1. The molecule has 3 N–H and O–H groups in total. The van der Waals surface area contributed by atoms with Crippen molar-refractivity contribution >= 4 is 39.5 Å². The Labute approximate surface area is 670 Å². The van der Waals surface area contributed by atoms with E-state index in [2.05, 4.69) is 48.5 Å². The second-order valence-corrected chi connectivity index (χ2v) is 36.2. The van der Waals surface area contributed by atoms with Crippen LogP contribution in [-0.4, -0.2) is 96.7 Å². The van der Waals surface area contributed by atoms with Crippen molar-refractivity contribution in [2.45, 2.75) is 497 Å². The van der Waals surface area contributed by atoms with Gasteiger partial charge in [0.25, 0.3) is 0 Å². The zero-order chi connectivity index (χ0) is 80.0. The Morgan fingerprint density at radius 3 is 0.697 bits per heavy atom. The van der Waals surface area contributed by atoms with Gasteiger partial charge in [0.05, 0.1) is 26.4 Å². The summed E-state index contributed by atoms with van der Waals surface area (Å²) in [5, 5.41) is 10.7. The van der Waals surface area contributed by atoms with Crippen molar-refractivity contribution in [2.24, 2.45) is 17.8 Å². The van der Waals surface area contributed by atoms with E-state index >= 15 is 0 Å². The second-order valence-electron chi connectivity index (χ2n) is 33.3. The Balaban J connectivity index is 5.25. The maximum Gasteiger partial charge on any atom is 0.472 e. The Hall–Kier alpha value is -1.94. The number of esters is 4. The number of carbonyl (C=O) groups is 4. The second kappa shape index (κ2) is 79.9. The Morgan fingerprint density at radius 2 is 0.468 bits per heavy atom. The van der Waals surface area contributed by atoms with Crippen LogP contribution in [0.2, 0.25) is 0 Å². The van der Waals surface area contributed by atoms with E-state index in [1.807, 2.05) is 0 Å². The summed E-state index contributed by atoms with van der Waals surface area (Å²) in [5.74, 6) is 0.335. The minimum absolute atomic E-state index is 0.107. The van der Waals surface area contributed by atoms with E-state index < -0.39 is 97.5 Å². The van der Waals surface area contributed by atoms with Crippen LogP contribution >= 0.6 is 15.6 Å². The summed E-state index contributed by atoms with van der Waals surface area (Å²) < 4.78 is 69.0. The van der Waals surface area contributed by atoms with Crippen molar-refractivity contribution in [3.63, 3.8) is 0 Å². The summed E-state index contributed by atoms with van der Waals surface area (Å²) in [6.45, 7) is 12.1. The van der Waals surface area contributed by atoms with Crippen LogP contribution in [0.1, 0.15) is 479 Å². The predicted octanol–water partition coefficient (Wildman–Crippen LogP) is 27.6. The molecular weight excluding hydrogens is 1410 g/mol. The van der Waals surface area contributed by atoms with Crippen LogP contribution < -0.4 is 0 Å². The van der Waals surface area contributed by atoms with Crippen LogP contribution in [-0.2, 0) is 65.4 Å². The van der Waals surface area contributed by atoms with Crippen LogP contribution in [0.25, 0.3) is 0 Å². The molecule has 0 bridgehead atoms. The molecule has 0 amide bonds. The first-order valence-electron chi connectivity index (χ1n) is 46.4. The third-order valence-electron chi connectivity index (χ3n) is 21.9. The Morgan fingerprint density at radius 1 is 0.266 bits per heavy atom. The minimum atomic E-state index is -4.97.